The monoisotopic (exact) mass is 254 g/mol. The molecule has 0 aliphatic carbocycles. The molecule has 1 rings (SSSR count). The Morgan fingerprint density at radius 3 is 2.94 bits per heavy atom. The van der Waals surface area contributed by atoms with E-state index in [1.807, 2.05) is 0 Å². The van der Waals surface area contributed by atoms with Gasteiger partial charge in [0.05, 0.1) is 7.11 Å². The number of carboxylic acid groups (broad SMARTS) is 1. The molecule has 0 fully saturated rings. The molecular formula is C10H14N4O4. The average molecular weight is 254 g/mol. The van der Waals surface area contributed by atoms with Crippen LogP contribution >= 0.6 is 0 Å². The number of carbonyl (C=O) groups is 2. The van der Waals surface area contributed by atoms with E-state index < -0.39 is 12.0 Å². The van der Waals surface area contributed by atoms with Gasteiger partial charge in [-0.2, -0.15) is 4.98 Å². The number of urea groups is 1. The molecule has 0 aliphatic rings. The van der Waals surface area contributed by atoms with Crippen molar-refractivity contribution in [3.63, 3.8) is 0 Å². The first-order valence-corrected chi connectivity index (χ1v) is 5.25. The number of anilines is 1. The van der Waals surface area contributed by atoms with Crippen LogP contribution < -0.4 is 15.4 Å². The molecule has 8 nitrogen and oxygen atoms in total. The number of hydrogen-bond donors (Lipinski definition) is 3. The van der Waals surface area contributed by atoms with Crippen molar-refractivity contribution in [3.8, 4) is 6.01 Å². The molecule has 0 saturated carbocycles. The van der Waals surface area contributed by atoms with Gasteiger partial charge in [-0.3, -0.25) is 10.1 Å². The lowest BCUT2D eigenvalue weighted by Crippen LogP contribution is -2.30. The van der Waals surface area contributed by atoms with Gasteiger partial charge >= 0.3 is 18.0 Å². The van der Waals surface area contributed by atoms with Gasteiger partial charge in [-0.1, -0.05) is 0 Å². The molecule has 3 N–H and O–H groups in total. The summed E-state index contributed by atoms with van der Waals surface area (Å²) in [5, 5.41) is 13.4. The topological polar surface area (TPSA) is 113 Å². The minimum absolute atomic E-state index is 0.0155. The van der Waals surface area contributed by atoms with Gasteiger partial charge in [0.15, 0.2) is 0 Å². The van der Waals surface area contributed by atoms with Gasteiger partial charge in [-0.15, -0.1) is 0 Å². The summed E-state index contributed by atoms with van der Waals surface area (Å²) in [5.41, 5.74) is 0. The summed E-state index contributed by atoms with van der Waals surface area (Å²) in [5.74, 6) is -0.588. The van der Waals surface area contributed by atoms with Crippen LogP contribution in [0.25, 0.3) is 0 Å². The summed E-state index contributed by atoms with van der Waals surface area (Å²) in [7, 11) is 1.42. The minimum Gasteiger partial charge on any atom is -0.481 e. The third kappa shape index (κ3) is 5.10. The second kappa shape index (κ2) is 7.05. The van der Waals surface area contributed by atoms with E-state index in [2.05, 4.69) is 20.6 Å². The molecule has 0 saturated heterocycles. The van der Waals surface area contributed by atoms with Crippen molar-refractivity contribution in [1.29, 1.82) is 0 Å². The lowest BCUT2D eigenvalue weighted by molar-refractivity contribution is -0.137. The van der Waals surface area contributed by atoms with E-state index in [1.54, 1.807) is 0 Å². The first kappa shape index (κ1) is 13.7. The molecule has 0 bridgehead atoms. The zero-order valence-electron chi connectivity index (χ0n) is 9.84. The molecule has 8 heteroatoms. The van der Waals surface area contributed by atoms with Gasteiger partial charge in [-0.05, 0) is 12.5 Å². The largest absolute Gasteiger partial charge is 0.481 e. The van der Waals surface area contributed by atoms with Gasteiger partial charge in [0.1, 0.15) is 5.82 Å². The highest BCUT2D eigenvalue weighted by molar-refractivity contribution is 5.88. The predicted octanol–water partition coefficient (Wildman–Crippen LogP) is 0.471. The molecule has 0 atom stereocenters. The van der Waals surface area contributed by atoms with Crippen LogP contribution in [-0.4, -0.2) is 40.7 Å². The number of aromatic nitrogens is 2. The van der Waals surface area contributed by atoms with Crippen molar-refractivity contribution in [2.24, 2.45) is 0 Å². The first-order valence-electron chi connectivity index (χ1n) is 5.25. The Kier molecular flexibility index (Phi) is 5.36. The highest BCUT2D eigenvalue weighted by Gasteiger charge is 2.04. The minimum atomic E-state index is -0.891. The molecule has 0 aliphatic heterocycles. The predicted molar refractivity (Wildman–Crippen MR) is 62.5 cm³/mol. The molecule has 98 valence electrons. The van der Waals surface area contributed by atoms with Crippen LogP contribution in [0.1, 0.15) is 12.8 Å². The van der Waals surface area contributed by atoms with Gasteiger partial charge in [0, 0.05) is 19.2 Å². The van der Waals surface area contributed by atoms with E-state index in [0.717, 1.165) is 0 Å². The number of methoxy groups -OCH3 is 1. The van der Waals surface area contributed by atoms with E-state index in [1.165, 1.54) is 19.4 Å². The molecule has 1 aromatic heterocycles. The van der Waals surface area contributed by atoms with Crippen molar-refractivity contribution >= 4 is 17.8 Å². The third-order valence-electron chi connectivity index (χ3n) is 1.91. The van der Waals surface area contributed by atoms with E-state index in [4.69, 9.17) is 9.84 Å². The molecule has 18 heavy (non-hydrogen) atoms. The van der Waals surface area contributed by atoms with Gasteiger partial charge in [-0.25, -0.2) is 9.78 Å². The number of carbonyl (C=O) groups excluding carboxylic acids is 1. The van der Waals surface area contributed by atoms with E-state index in [-0.39, 0.29) is 19.0 Å². The average Bonchev–Trinajstić information content (AvgIpc) is 2.34. The molecular weight excluding hydrogens is 240 g/mol. The Balaban J connectivity index is 2.33. The highest BCUT2D eigenvalue weighted by Crippen LogP contribution is 2.06. The van der Waals surface area contributed by atoms with Crippen molar-refractivity contribution < 1.29 is 19.4 Å². The molecule has 1 aromatic rings. The molecule has 0 unspecified atom stereocenters. The van der Waals surface area contributed by atoms with Crippen molar-refractivity contribution in [2.45, 2.75) is 12.8 Å². The van der Waals surface area contributed by atoms with Crippen LogP contribution in [0.2, 0.25) is 0 Å². The second-order valence-corrected chi connectivity index (χ2v) is 3.31. The van der Waals surface area contributed by atoms with Crippen LogP contribution in [0.5, 0.6) is 6.01 Å². The maximum absolute atomic E-state index is 11.4. The summed E-state index contributed by atoms with van der Waals surface area (Å²) in [6.07, 6.45) is 1.84. The number of ether oxygens (including phenoxy) is 1. The van der Waals surface area contributed by atoms with Crippen LogP contribution in [-0.2, 0) is 4.79 Å². The van der Waals surface area contributed by atoms with E-state index in [9.17, 15) is 9.59 Å². The second-order valence-electron chi connectivity index (χ2n) is 3.31. The van der Waals surface area contributed by atoms with Crippen LogP contribution in [0.4, 0.5) is 10.6 Å². The number of aliphatic carboxylic acids is 1. The SMILES string of the molecule is COc1nccc(NC(=O)NCCCC(=O)O)n1. The first-order chi connectivity index (χ1) is 8.61. The molecule has 2 amide bonds. The summed E-state index contributed by atoms with van der Waals surface area (Å²) in [6.45, 7) is 0.278. The standard InChI is InChI=1S/C10H14N4O4/c1-18-10-12-6-4-7(14-10)13-9(17)11-5-2-3-8(15)16/h4,6H,2-3,5H2,1H3,(H,15,16)(H2,11,12,13,14,17). The van der Waals surface area contributed by atoms with E-state index in [0.29, 0.717) is 12.2 Å². The van der Waals surface area contributed by atoms with Crippen LogP contribution in [0.15, 0.2) is 12.3 Å². The molecule has 0 radical (unpaired) electrons. The normalized spacial score (nSPS) is 9.61. The van der Waals surface area contributed by atoms with Crippen molar-refractivity contribution in [3.05, 3.63) is 12.3 Å². The fourth-order valence-electron chi connectivity index (χ4n) is 1.11. The number of nitrogens with zero attached hydrogens (tertiary/aromatic N) is 2. The van der Waals surface area contributed by atoms with Gasteiger partial charge < -0.3 is 15.2 Å². The highest BCUT2D eigenvalue weighted by atomic mass is 16.5. The van der Waals surface area contributed by atoms with Gasteiger partial charge in [0.2, 0.25) is 0 Å². The summed E-state index contributed by atoms with van der Waals surface area (Å²) < 4.78 is 4.80. The Morgan fingerprint density at radius 2 is 2.28 bits per heavy atom. The fourth-order valence-corrected chi connectivity index (χ4v) is 1.11. The lowest BCUT2D eigenvalue weighted by atomic mass is 10.3. The number of hydrogen-bond acceptors (Lipinski definition) is 5. The Hall–Kier alpha value is -2.38. The number of rotatable bonds is 6. The zero-order valence-corrected chi connectivity index (χ0v) is 9.84. The third-order valence-corrected chi connectivity index (χ3v) is 1.91. The smallest absolute Gasteiger partial charge is 0.320 e. The maximum Gasteiger partial charge on any atom is 0.320 e. The summed E-state index contributed by atoms with van der Waals surface area (Å²) in [4.78, 5) is 29.3. The van der Waals surface area contributed by atoms with Gasteiger partial charge in [0.25, 0.3) is 0 Å². The van der Waals surface area contributed by atoms with Crippen LogP contribution in [0, 0.1) is 0 Å². The van der Waals surface area contributed by atoms with Crippen molar-refractivity contribution in [2.75, 3.05) is 19.0 Å². The lowest BCUT2D eigenvalue weighted by Gasteiger charge is -2.06. The molecule has 0 spiro atoms. The zero-order chi connectivity index (χ0) is 13.4. The Morgan fingerprint density at radius 1 is 1.50 bits per heavy atom. The molecule has 0 aromatic carbocycles. The maximum atomic E-state index is 11.4. The fraction of sp³-hybridized carbons (Fsp3) is 0.400. The number of carboxylic acids is 1. The number of amides is 2. The van der Waals surface area contributed by atoms with Crippen molar-refractivity contribution in [1.82, 2.24) is 15.3 Å². The Labute approximate surface area is 103 Å². The molecule has 1 heterocycles. The summed E-state index contributed by atoms with van der Waals surface area (Å²) in [6, 6.07) is 1.21. The van der Waals surface area contributed by atoms with Crippen LogP contribution in [0.3, 0.4) is 0 Å². The quantitative estimate of drug-likeness (QED) is 0.636. The number of nitrogens with one attached hydrogen (secondary N) is 2. The van der Waals surface area contributed by atoms with E-state index >= 15 is 0 Å². The Bertz CT molecular complexity index is 424. The summed E-state index contributed by atoms with van der Waals surface area (Å²) >= 11 is 0.